The molecule has 0 amide bonds. The Morgan fingerprint density at radius 2 is 1.80 bits per heavy atom. The molecule has 3 heterocycles. The standard InChI is InChI=1S/C22H27N7S/c1-16-14-29(15-17-6-4-3-5-7-17)22(30-16)26-20-23-19(18-8-9-18)24-21(25-20)28-12-10-27(2)11-13-28/h3-7,14,18H,8-13,15H2,1-2H3/b26-22-. The van der Waals surface area contributed by atoms with Crippen molar-refractivity contribution < 1.29 is 0 Å². The van der Waals surface area contributed by atoms with Crippen molar-refractivity contribution in [1.29, 1.82) is 0 Å². The van der Waals surface area contributed by atoms with E-state index in [1.165, 1.54) is 10.4 Å². The Morgan fingerprint density at radius 1 is 1.03 bits per heavy atom. The van der Waals surface area contributed by atoms with Gasteiger partial charge in [-0.3, -0.25) is 0 Å². The topological polar surface area (TPSA) is 62.4 Å². The van der Waals surface area contributed by atoms with Crippen LogP contribution in [0.5, 0.6) is 0 Å². The summed E-state index contributed by atoms with van der Waals surface area (Å²) < 4.78 is 2.19. The number of hydrogen-bond acceptors (Lipinski definition) is 7. The van der Waals surface area contributed by atoms with Crippen LogP contribution in [0.25, 0.3) is 0 Å². The minimum atomic E-state index is 0.467. The first-order valence-corrected chi connectivity index (χ1v) is 11.4. The fraction of sp³-hybridized carbons (Fsp3) is 0.455. The third-order valence-electron chi connectivity index (χ3n) is 5.58. The first-order chi connectivity index (χ1) is 14.6. The molecule has 1 saturated heterocycles. The number of likely N-dealkylation sites (N-methyl/N-ethyl adjacent to an activating group) is 1. The number of anilines is 1. The summed E-state index contributed by atoms with van der Waals surface area (Å²) in [6.07, 6.45) is 4.48. The van der Waals surface area contributed by atoms with Crippen LogP contribution in [0.15, 0.2) is 41.5 Å². The second-order valence-electron chi connectivity index (χ2n) is 8.21. The van der Waals surface area contributed by atoms with Gasteiger partial charge in [-0.15, -0.1) is 11.3 Å². The van der Waals surface area contributed by atoms with Gasteiger partial charge in [-0.2, -0.15) is 19.9 Å². The lowest BCUT2D eigenvalue weighted by Crippen LogP contribution is -2.45. The summed E-state index contributed by atoms with van der Waals surface area (Å²) in [5.74, 6) is 2.68. The molecule has 8 heteroatoms. The van der Waals surface area contributed by atoms with Gasteiger partial charge in [-0.25, -0.2) is 0 Å². The summed E-state index contributed by atoms with van der Waals surface area (Å²) in [6, 6.07) is 10.5. The van der Waals surface area contributed by atoms with Crippen LogP contribution in [0.4, 0.5) is 11.9 Å². The molecule has 7 nitrogen and oxygen atoms in total. The van der Waals surface area contributed by atoms with Crippen molar-refractivity contribution in [2.75, 3.05) is 38.1 Å². The molecule has 30 heavy (non-hydrogen) atoms. The zero-order valence-corrected chi connectivity index (χ0v) is 18.3. The monoisotopic (exact) mass is 421 g/mol. The van der Waals surface area contributed by atoms with E-state index in [-0.39, 0.29) is 0 Å². The summed E-state index contributed by atoms with van der Waals surface area (Å²) in [5.41, 5.74) is 1.25. The Balaban J connectivity index is 1.50. The van der Waals surface area contributed by atoms with Gasteiger partial charge in [0.25, 0.3) is 5.95 Å². The Morgan fingerprint density at radius 3 is 2.53 bits per heavy atom. The Bertz CT molecular complexity index is 1080. The Labute approximate surface area is 180 Å². The maximum Gasteiger partial charge on any atom is 0.257 e. The Hall–Kier alpha value is -2.58. The molecule has 3 aromatic rings. The number of benzene rings is 1. The molecular weight excluding hydrogens is 394 g/mol. The lowest BCUT2D eigenvalue weighted by atomic mass is 10.2. The summed E-state index contributed by atoms with van der Waals surface area (Å²) >= 11 is 1.68. The third kappa shape index (κ3) is 4.44. The molecular formula is C22H27N7S. The molecule has 2 fully saturated rings. The van der Waals surface area contributed by atoms with E-state index in [4.69, 9.17) is 19.9 Å². The van der Waals surface area contributed by atoms with Crippen LogP contribution in [0.3, 0.4) is 0 Å². The molecule has 0 radical (unpaired) electrons. The predicted octanol–water partition coefficient (Wildman–Crippen LogP) is 2.95. The zero-order chi connectivity index (χ0) is 20.5. The SMILES string of the molecule is Cc1cn(Cc2ccccc2)/c(=N/c2nc(C3CC3)nc(N3CCN(C)CC3)n2)s1. The van der Waals surface area contributed by atoms with E-state index in [2.05, 4.69) is 58.8 Å². The molecule has 0 spiro atoms. The molecule has 1 aliphatic carbocycles. The molecule has 2 aliphatic rings. The quantitative estimate of drug-likeness (QED) is 0.634. The molecule has 0 atom stereocenters. The van der Waals surface area contributed by atoms with Gasteiger partial charge in [-0.1, -0.05) is 30.3 Å². The smallest absolute Gasteiger partial charge is 0.257 e. The van der Waals surface area contributed by atoms with Crippen molar-refractivity contribution in [3.05, 3.63) is 57.6 Å². The minimum absolute atomic E-state index is 0.467. The van der Waals surface area contributed by atoms with Crippen LogP contribution in [-0.2, 0) is 6.54 Å². The minimum Gasteiger partial charge on any atom is -0.338 e. The predicted molar refractivity (Wildman–Crippen MR) is 119 cm³/mol. The molecule has 1 aromatic carbocycles. The van der Waals surface area contributed by atoms with Gasteiger partial charge in [-0.05, 0) is 32.4 Å². The van der Waals surface area contributed by atoms with E-state index >= 15 is 0 Å². The number of nitrogens with zero attached hydrogens (tertiary/aromatic N) is 7. The van der Waals surface area contributed by atoms with Crippen molar-refractivity contribution in [2.45, 2.75) is 32.2 Å². The van der Waals surface area contributed by atoms with Crippen molar-refractivity contribution in [3.63, 3.8) is 0 Å². The lowest BCUT2D eigenvalue weighted by Gasteiger charge is -2.32. The summed E-state index contributed by atoms with van der Waals surface area (Å²) in [7, 11) is 2.16. The second kappa shape index (κ2) is 8.28. The van der Waals surface area contributed by atoms with Gasteiger partial charge in [0.2, 0.25) is 5.95 Å². The largest absolute Gasteiger partial charge is 0.338 e. The molecule has 5 rings (SSSR count). The van der Waals surface area contributed by atoms with Crippen LogP contribution in [0.2, 0.25) is 0 Å². The van der Waals surface area contributed by atoms with Gasteiger partial charge >= 0.3 is 0 Å². The summed E-state index contributed by atoms with van der Waals surface area (Å²) in [6.45, 7) is 6.84. The maximum atomic E-state index is 4.88. The second-order valence-corrected chi connectivity index (χ2v) is 9.42. The van der Waals surface area contributed by atoms with Crippen LogP contribution < -0.4 is 9.70 Å². The van der Waals surface area contributed by atoms with Crippen LogP contribution >= 0.6 is 11.3 Å². The molecule has 0 bridgehead atoms. The third-order valence-corrected chi connectivity index (χ3v) is 6.52. The zero-order valence-electron chi connectivity index (χ0n) is 17.5. The molecule has 2 aromatic heterocycles. The average molecular weight is 422 g/mol. The van der Waals surface area contributed by atoms with Gasteiger partial charge in [0, 0.05) is 49.7 Å². The van der Waals surface area contributed by atoms with E-state index in [1.807, 2.05) is 6.07 Å². The maximum absolute atomic E-state index is 4.88. The highest BCUT2D eigenvalue weighted by molar-refractivity contribution is 7.09. The fourth-order valence-electron chi connectivity index (χ4n) is 3.66. The number of aryl methyl sites for hydroxylation is 1. The van der Waals surface area contributed by atoms with Gasteiger partial charge in [0.1, 0.15) is 5.82 Å². The average Bonchev–Trinajstić information content (AvgIpc) is 3.54. The number of aromatic nitrogens is 4. The normalized spacial score (nSPS) is 18.2. The van der Waals surface area contributed by atoms with Crippen LogP contribution in [-0.4, -0.2) is 57.6 Å². The highest BCUT2D eigenvalue weighted by atomic mass is 32.1. The number of rotatable bonds is 5. The fourth-order valence-corrected chi connectivity index (χ4v) is 4.49. The summed E-state index contributed by atoms with van der Waals surface area (Å²) in [4.78, 5) is 25.9. The van der Waals surface area contributed by atoms with E-state index in [0.717, 1.165) is 62.1 Å². The van der Waals surface area contributed by atoms with Crippen molar-refractivity contribution in [3.8, 4) is 0 Å². The molecule has 0 unspecified atom stereocenters. The van der Waals surface area contributed by atoms with Crippen molar-refractivity contribution >= 4 is 23.2 Å². The van der Waals surface area contributed by atoms with E-state index in [0.29, 0.717) is 11.9 Å². The highest BCUT2D eigenvalue weighted by Gasteiger charge is 2.29. The van der Waals surface area contributed by atoms with Gasteiger partial charge in [0.05, 0.1) is 0 Å². The lowest BCUT2D eigenvalue weighted by molar-refractivity contribution is 0.311. The van der Waals surface area contributed by atoms with E-state index in [9.17, 15) is 0 Å². The highest BCUT2D eigenvalue weighted by Crippen LogP contribution is 2.38. The van der Waals surface area contributed by atoms with Gasteiger partial charge < -0.3 is 14.4 Å². The number of thiazole rings is 1. The van der Waals surface area contributed by atoms with Gasteiger partial charge in [0.15, 0.2) is 4.80 Å². The Kier molecular flexibility index (Phi) is 5.35. The summed E-state index contributed by atoms with van der Waals surface area (Å²) in [5, 5.41) is 0. The molecule has 1 aliphatic heterocycles. The van der Waals surface area contributed by atoms with Crippen LogP contribution in [0, 0.1) is 6.92 Å². The number of hydrogen-bond donors (Lipinski definition) is 0. The van der Waals surface area contributed by atoms with Crippen LogP contribution in [0.1, 0.15) is 35.0 Å². The van der Waals surface area contributed by atoms with E-state index in [1.54, 1.807) is 11.3 Å². The van der Waals surface area contributed by atoms with E-state index < -0.39 is 0 Å². The number of piperazine rings is 1. The first kappa shape index (κ1) is 19.4. The van der Waals surface area contributed by atoms with Crippen molar-refractivity contribution in [2.24, 2.45) is 4.99 Å². The molecule has 156 valence electrons. The molecule has 0 N–H and O–H groups in total. The van der Waals surface area contributed by atoms with Crippen molar-refractivity contribution in [1.82, 2.24) is 24.4 Å². The molecule has 1 saturated carbocycles. The first-order valence-electron chi connectivity index (χ1n) is 10.6.